The van der Waals surface area contributed by atoms with Gasteiger partial charge in [0.05, 0.1) is 6.61 Å². The molecule has 0 saturated heterocycles. The molecular weight excluding hydrogens is 596 g/mol. The third-order valence-corrected chi connectivity index (χ3v) is 8.28. The van der Waals surface area contributed by atoms with Crippen LogP contribution in [0.5, 0.6) is 0 Å². The van der Waals surface area contributed by atoms with Gasteiger partial charge in [0.2, 0.25) is 0 Å². The molecule has 0 saturated carbocycles. The standard InChI is InChI=1S/C43H74O5/c1-3-5-7-9-11-13-15-17-19-20-21-22-24-25-27-29-31-33-35-37-42(45)47-40-41(39-44)48-43(46)38-36-34-32-30-28-26-23-18-16-14-12-10-8-6-4-2/h11,13-14,16-17,19,21-22,25,27,41,44H,3-10,12,15,18,20,23-24,26,28-40H2,1-2H3/t41-/m0/s1. The summed E-state index contributed by atoms with van der Waals surface area (Å²) in [5, 5.41) is 9.55. The van der Waals surface area contributed by atoms with Crippen molar-refractivity contribution in [1.29, 1.82) is 0 Å². The molecule has 0 radical (unpaired) electrons. The molecule has 0 rings (SSSR count). The Morgan fingerprint density at radius 2 is 0.833 bits per heavy atom. The second kappa shape index (κ2) is 39.0. The fourth-order valence-corrected chi connectivity index (χ4v) is 5.24. The van der Waals surface area contributed by atoms with Gasteiger partial charge in [0.25, 0.3) is 0 Å². The second-order valence-electron chi connectivity index (χ2n) is 13.0. The van der Waals surface area contributed by atoms with Gasteiger partial charge >= 0.3 is 11.9 Å². The Hall–Kier alpha value is -2.40. The highest BCUT2D eigenvalue weighted by Crippen LogP contribution is 2.12. The first-order valence-electron chi connectivity index (χ1n) is 19.8. The number of esters is 2. The molecule has 1 atom stereocenters. The van der Waals surface area contributed by atoms with E-state index in [2.05, 4.69) is 74.6 Å². The van der Waals surface area contributed by atoms with Gasteiger partial charge in [-0.2, -0.15) is 0 Å². The summed E-state index contributed by atoms with van der Waals surface area (Å²) in [4.78, 5) is 24.2. The Kier molecular flexibility index (Phi) is 37.1. The number of aliphatic hydroxyl groups excluding tert-OH is 1. The number of rotatable bonds is 35. The summed E-state index contributed by atoms with van der Waals surface area (Å²) in [6.45, 7) is 4.06. The smallest absolute Gasteiger partial charge is 0.306 e. The maximum absolute atomic E-state index is 12.2. The van der Waals surface area contributed by atoms with Crippen LogP contribution in [0.1, 0.15) is 181 Å². The number of carbonyl (C=O) groups excluding carboxylic acids is 2. The van der Waals surface area contributed by atoms with E-state index < -0.39 is 6.10 Å². The summed E-state index contributed by atoms with van der Waals surface area (Å²) in [5.74, 6) is -0.635. The molecule has 0 aliphatic carbocycles. The monoisotopic (exact) mass is 671 g/mol. The highest BCUT2D eigenvalue weighted by Gasteiger charge is 2.16. The molecule has 0 amide bonds. The van der Waals surface area contributed by atoms with Gasteiger partial charge in [0.1, 0.15) is 6.61 Å². The SMILES string of the molecule is CCCCCC=CCC=CCC=CCC=CCCCCCC(=O)OC[C@H](CO)OC(=O)CCCCCCCCCC=CCCCCCC. The molecule has 276 valence electrons. The normalized spacial score (nSPS) is 12.8. The minimum atomic E-state index is -0.788. The lowest BCUT2D eigenvalue weighted by molar-refractivity contribution is -0.161. The number of aliphatic hydroxyl groups is 1. The van der Waals surface area contributed by atoms with Crippen molar-refractivity contribution < 1.29 is 24.2 Å². The van der Waals surface area contributed by atoms with Gasteiger partial charge in [0.15, 0.2) is 6.10 Å². The quantitative estimate of drug-likeness (QED) is 0.0413. The van der Waals surface area contributed by atoms with Gasteiger partial charge in [-0.3, -0.25) is 9.59 Å². The van der Waals surface area contributed by atoms with Crippen LogP contribution >= 0.6 is 0 Å². The molecule has 0 spiro atoms. The third kappa shape index (κ3) is 36.4. The zero-order chi connectivity index (χ0) is 35.0. The molecule has 0 aliphatic rings. The predicted octanol–water partition coefficient (Wildman–Crippen LogP) is 12.4. The summed E-state index contributed by atoms with van der Waals surface area (Å²) < 4.78 is 10.6. The van der Waals surface area contributed by atoms with E-state index in [0.29, 0.717) is 12.8 Å². The first kappa shape index (κ1) is 45.6. The fourth-order valence-electron chi connectivity index (χ4n) is 5.24. The van der Waals surface area contributed by atoms with Gasteiger partial charge in [-0.1, -0.05) is 145 Å². The van der Waals surface area contributed by atoms with E-state index >= 15 is 0 Å². The van der Waals surface area contributed by atoms with Crippen molar-refractivity contribution in [2.45, 2.75) is 187 Å². The predicted molar refractivity (Wildman–Crippen MR) is 205 cm³/mol. The van der Waals surface area contributed by atoms with Gasteiger partial charge in [-0.05, 0) is 83.5 Å². The van der Waals surface area contributed by atoms with Crippen LogP contribution in [0.3, 0.4) is 0 Å². The van der Waals surface area contributed by atoms with Crippen LogP contribution in [-0.2, 0) is 19.1 Å². The van der Waals surface area contributed by atoms with Gasteiger partial charge in [-0.15, -0.1) is 0 Å². The highest BCUT2D eigenvalue weighted by atomic mass is 16.6. The van der Waals surface area contributed by atoms with Crippen LogP contribution in [0.25, 0.3) is 0 Å². The summed E-state index contributed by atoms with van der Waals surface area (Å²) in [6.07, 6.45) is 49.9. The maximum atomic E-state index is 12.2. The Bertz CT molecular complexity index is 853. The molecule has 5 nitrogen and oxygen atoms in total. The summed E-state index contributed by atoms with van der Waals surface area (Å²) in [7, 11) is 0. The largest absolute Gasteiger partial charge is 0.462 e. The number of allylic oxidation sites excluding steroid dienone is 10. The van der Waals surface area contributed by atoms with Crippen molar-refractivity contribution in [3.05, 3.63) is 60.8 Å². The van der Waals surface area contributed by atoms with E-state index in [1.54, 1.807) is 0 Å². The molecule has 0 aromatic heterocycles. The van der Waals surface area contributed by atoms with Crippen LogP contribution in [0, 0.1) is 0 Å². The zero-order valence-electron chi connectivity index (χ0n) is 31.2. The lowest BCUT2D eigenvalue weighted by Gasteiger charge is -2.15. The second-order valence-corrected chi connectivity index (χ2v) is 13.0. The number of hydrogen-bond acceptors (Lipinski definition) is 5. The summed E-state index contributed by atoms with van der Waals surface area (Å²) >= 11 is 0. The van der Waals surface area contributed by atoms with Crippen LogP contribution in [0.15, 0.2) is 60.8 Å². The Morgan fingerprint density at radius 1 is 0.479 bits per heavy atom. The van der Waals surface area contributed by atoms with Crippen LogP contribution in [-0.4, -0.2) is 36.4 Å². The van der Waals surface area contributed by atoms with Crippen molar-refractivity contribution in [3.63, 3.8) is 0 Å². The summed E-state index contributed by atoms with van der Waals surface area (Å²) in [6, 6.07) is 0. The number of ether oxygens (including phenoxy) is 2. The molecule has 0 unspecified atom stereocenters. The van der Waals surface area contributed by atoms with Crippen molar-refractivity contribution >= 4 is 11.9 Å². The van der Waals surface area contributed by atoms with Crippen molar-refractivity contribution in [2.24, 2.45) is 0 Å². The molecule has 0 aromatic carbocycles. The average molecular weight is 671 g/mol. The molecule has 5 heteroatoms. The van der Waals surface area contributed by atoms with E-state index in [4.69, 9.17) is 9.47 Å². The van der Waals surface area contributed by atoms with Gasteiger partial charge < -0.3 is 14.6 Å². The molecular formula is C43H74O5. The minimum absolute atomic E-state index is 0.0860. The van der Waals surface area contributed by atoms with Crippen molar-refractivity contribution in [1.82, 2.24) is 0 Å². The van der Waals surface area contributed by atoms with E-state index in [0.717, 1.165) is 64.2 Å². The Morgan fingerprint density at radius 3 is 1.33 bits per heavy atom. The molecule has 1 N–H and O–H groups in total. The molecule has 0 fully saturated rings. The first-order chi connectivity index (χ1) is 23.6. The molecule has 0 heterocycles. The lowest BCUT2D eigenvalue weighted by Crippen LogP contribution is -2.28. The third-order valence-electron chi connectivity index (χ3n) is 8.28. The first-order valence-corrected chi connectivity index (χ1v) is 19.8. The van der Waals surface area contributed by atoms with E-state index in [9.17, 15) is 14.7 Å². The topological polar surface area (TPSA) is 72.8 Å². The van der Waals surface area contributed by atoms with Crippen molar-refractivity contribution in [2.75, 3.05) is 13.2 Å². The number of hydrogen-bond donors (Lipinski definition) is 1. The zero-order valence-corrected chi connectivity index (χ0v) is 31.2. The minimum Gasteiger partial charge on any atom is -0.462 e. The lowest BCUT2D eigenvalue weighted by atomic mass is 10.1. The summed E-state index contributed by atoms with van der Waals surface area (Å²) in [5.41, 5.74) is 0. The van der Waals surface area contributed by atoms with E-state index in [1.807, 2.05) is 0 Å². The fraction of sp³-hybridized carbons (Fsp3) is 0.721. The van der Waals surface area contributed by atoms with E-state index in [-0.39, 0.29) is 25.2 Å². The maximum Gasteiger partial charge on any atom is 0.306 e. The number of carbonyl (C=O) groups is 2. The average Bonchev–Trinajstić information content (AvgIpc) is 3.09. The van der Waals surface area contributed by atoms with E-state index in [1.165, 1.54) is 89.9 Å². The Balaban J connectivity index is 3.65. The van der Waals surface area contributed by atoms with Crippen LogP contribution in [0.4, 0.5) is 0 Å². The molecule has 0 aromatic rings. The van der Waals surface area contributed by atoms with Crippen molar-refractivity contribution in [3.8, 4) is 0 Å². The van der Waals surface area contributed by atoms with Gasteiger partial charge in [-0.25, -0.2) is 0 Å². The molecule has 48 heavy (non-hydrogen) atoms. The molecule has 0 bridgehead atoms. The van der Waals surface area contributed by atoms with Gasteiger partial charge in [0, 0.05) is 12.8 Å². The van der Waals surface area contributed by atoms with Crippen LogP contribution in [0.2, 0.25) is 0 Å². The highest BCUT2D eigenvalue weighted by molar-refractivity contribution is 5.70. The number of unbranched alkanes of at least 4 members (excludes halogenated alkanes) is 17. The molecule has 0 aliphatic heterocycles. The van der Waals surface area contributed by atoms with Crippen LogP contribution < -0.4 is 0 Å². The Labute approximate surface area is 296 Å².